The largest absolute Gasteiger partial charge is 0.345 e. The topological polar surface area (TPSA) is 52.7 Å². The van der Waals surface area contributed by atoms with Crippen molar-refractivity contribution in [1.82, 2.24) is 15.1 Å². The number of amides is 2. The molecule has 0 aromatic rings. The first kappa shape index (κ1) is 11.4. The van der Waals surface area contributed by atoms with Gasteiger partial charge in [0.05, 0.1) is 5.92 Å². The number of nitrogens with one attached hydrogen (secondary N) is 1. The van der Waals surface area contributed by atoms with Crippen molar-refractivity contribution < 1.29 is 9.59 Å². The van der Waals surface area contributed by atoms with E-state index in [1.807, 2.05) is 11.9 Å². The first-order valence-corrected chi connectivity index (χ1v) is 5.81. The molecular formula is C11H19N3O2. The molecule has 2 amide bonds. The van der Waals surface area contributed by atoms with Gasteiger partial charge in [0.1, 0.15) is 0 Å². The Balaban J connectivity index is 1.94. The van der Waals surface area contributed by atoms with E-state index in [1.165, 1.54) is 0 Å². The van der Waals surface area contributed by atoms with Gasteiger partial charge in [0.15, 0.2) is 0 Å². The summed E-state index contributed by atoms with van der Waals surface area (Å²) in [6.45, 7) is 2.42. The van der Waals surface area contributed by atoms with Crippen LogP contribution in [-0.4, -0.2) is 61.4 Å². The van der Waals surface area contributed by atoms with Crippen LogP contribution in [0.4, 0.5) is 0 Å². The number of likely N-dealkylation sites (tertiary alicyclic amines) is 1. The molecule has 2 heterocycles. The molecule has 2 aliphatic rings. The molecule has 0 spiro atoms. The number of likely N-dealkylation sites (N-methyl/N-ethyl adjacent to an activating group) is 1. The van der Waals surface area contributed by atoms with Crippen molar-refractivity contribution in [3.8, 4) is 0 Å². The summed E-state index contributed by atoms with van der Waals surface area (Å²) in [5.41, 5.74) is 0. The molecule has 0 aromatic heterocycles. The van der Waals surface area contributed by atoms with Crippen molar-refractivity contribution >= 4 is 11.8 Å². The number of hydrogen-bond acceptors (Lipinski definition) is 3. The Morgan fingerprint density at radius 3 is 2.81 bits per heavy atom. The van der Waals surface area contributed by atoms with Crippen molar-refractivity contribution in [2.75, 3.05) is 33.7 Å². The van der Waals surface area contributed by atoms with Gasteiger partial charge in [-0.25, -0.2) is 0 Å². The fourth-order valence-corrected chi connectivity index (χ4v) is 2.47. The standard InChI is InChI=1S/C11H19N3O2/c1-13-7-8(5-10(13)15)11(16)14(2)9-3-4-12-6-9/h8-9,12H,3-7H2,1-2H3. The zero-order chi connectivity index (χ0) is 11.7. The predicted octanol–water partition coefficient (Wildman–Crippen LogP) is -0.715. The maximum Gasteiger partial charge on any atom is 0.228 e. The first-order chi connectivity index (χ1) is 7.59. The van der Waals surface area contributed by atoms with E-state index < -0.39 is 0 Å². The molecule has 5 heteroatoms. The molecule has 16 heavy (non-hydrogen) atoms. The molecule has 0 aliphatic carbocycles. The van der Waals surface area contributed by atoms with Crippen molar-refractivity contribution in [3.05, 3.63) is 0 Å². The van der Waals surface area contributed by atoms with Gasteiger partial charge in [-0.05, 0) is 13.0 Å². The molecule has 5 nitrogen and oxygen atoms in total. The van der Waals surface area contributed by atoms with E-state index in [4.69, 9.17) is 0 Å². The highest BCUT2D eigenvalue weighted by molar-refractivity contribution is 5.89. The Bertz CT molecular complexity index is 300. The van der Waals surface area contributed by atoms with E-state index in [-0.39, 0.29) is 17.7 Å². The Labute approximate surface area is 95.8 Å². The van der Waals surface area contributed by atoms with Crippen LogP contribution in [0.2, 0.25) is 0 Å². The van der Waals surface area contributed by atoms with Crippen molar-refractivity contribution in [2.24, 2.45) is 5.92 Å². The lowest BCUT2D eigenvalue weighted by atomic mass is 10.1. The minimum Gasteiger partial charge on any atom is -0.345 e. The first-order valence-electron chi connectivity index (χ1n) is 5.81. The number of carbonyl (C=O) groups is 2. The normalized spacial score (nSPS) is 29.9. The molecule has 0 aromatic carbocycles. The maximum absolute atomic E-state index is 12.1. The highest BCUT2D eigenvalue weighted by Crippen LogP contribution is 2.20. The van der Waals surface area contributed by atoms with Gasteiger partial charge in [-0.1, -0.05) is 0 Å². The zero-order valence-electron chi connectivity index (χ0n) is 9.90. The quantitative estimate of drug-likeness (QED) is 0.675. The smallest absolute Gasteiger partial charge is 0.228 e. The van der Waals surface area contributed by atoms with Crippen molar-refractivity contribution in [1.29, 1.82) is 0 Å². The molecule has 2 atom stereocenters. The predicted molar refractivity (Wildman–Crippen MR) is 59.8 cm³/mol. The number of nitrogens with zero attached hydrogens (tertiary/aromatic N) is 2. The Morgan fingerprint density at radius 1 is 1.56 bits per heavy atom. The molecule has 0 saturated carbocycles. The van der Waals surface area contributed by atoms with Crippen molar-refractivity contribution in [3.63, 3.8) is 0 Å². The lowest BCUT2D eigenvalue weighted by molar-refractivity contribution is -0.136. The van der Waals surface area contributed by atoms with Crippen LogP contribution in [0.5, 0.6) is 0 Å². The second-order valence-electron chi connectivity index (χ2n) is 4.77. The van der Waals surface area contributed by atoms with E-state index in [1.54, 1.807) is 11.9 Å². The lowest BCUT2D eigenvalue weighted by Gasteiger charge is -2.26. The fourth-order valence-electron chi connectivity index (χ4n) is 2.47. The zero-order valence-corrected chi connectivity index (χ0v) is 9.90. The Morgan fingerprint density at radius 2 is 2.31 bits per heavy atom. The highest BCUT2D eigenvalue weighted by Gasteiger charge is 2.35. The monoisotopic (exact) mass is 225 g/mol. The van der Waals surface area contributed by atoms with Gasteiger partial charge < -0.3 is 15.1 Å². The third-order valence-electron chi connectivity index (χ3n) is 3.62. The molecule has 2 aliphatic heterocycles. The molecule has 2 fully saturated rings. The third-order valence-corrected chi connectivity index (χ3v) is 3.62. The van der Waals surface area contributed by atoms with E-state index in [0.717, 1.165) is 19.5 Å². The van der Waals surface area contributed by atoms with E-state index in [9.17, 15) is 9.59 Å². The average Bonchev–Trinajstić information content (AvgIpc) is 2.87. The van der Waals surface area contributed by atoms with Gasteiger partial charge in [-0.2, -0.15) is 0 Å². The van der Waals surface area contributed by atoms with Crippen molar-refractivity contribution in [2.45, 2.75) is 18.9 Å². The van der Waals surface area contributed by atoms with Crippen LogP contribution >= 0.6 is 0 Å². The number of hydrogen-bond donors (Lipinski definition) is 1. The minimum absolute atomic E-state index is 0.0799. The summed E-state index contributed by atoms with van der Waals surface area (Å²) in [6, 6.07) is 0.300. The van der Waals surface area contributed by atoms with E-state index in [2.05, 4.69) is 5.32 Å². The second kappa shape index (κ2) is 4.41. The highest BCUT2D eigenvalue weighted by atomic mass is 16.2. The van der Waals surface area contributed by atoms with Crippen LogP contribution in [0.1, 0.15) is 12.8 Å². The molecule has 2 saturated heterocycles. The molecule has 2 rings (SSSR count). The summed E-state index contributed by atoms with van der Waals surface area (Å²) in [5, 5.41) is 3.24. The van der Waals surface area contributed by atoms with Gasteiger partial charge in [-0.3, -0.25) is 9.59 Å². The van der Waals surface area contributed by atoms with Crippen LogP contribution in [0.25, 0.3) is 0 Å². The van der Waals surface area contributed by atoms with Crippen LogP contribution < -0.4 is 5.32 Å². The summed E-state index contributed by atoms with van der Waals surface area (Å²) in [6.07, 6.45) is 1.39. The number of rotatable bonds is 2. The summed E-state index contributed by atoms with van der Waals surface area (Å²) in [5.74, 6) is 0.0609. The third kappa shape index (κ3) is 2.04. The summed E-state index contributed by atoms with van der Waals surface area (Å²) in [7, 11) is 3.61. The Hall–Kier alpha value is -1.10. The molecule has 0 radical (unpaired) electrons. The second-order valence-corrected chi connectivity index (χ2v) is 4.77. The van der Waals surface area contributed by atoms with Gasteiger partial charge in [-0.15, -0.1) is 0 Å². The van der Waals surface area contributed by atoms with E-state index >= 15 is 0 Å². The summed E-state index contributed by atoms with van der Waals surface area (Å²) in [4.78, 5) is 27.0. The maximum atomic E-state index is 12.1. The summed E-state index contributed by atoms with van der Waals surface area (Å²) >= 11 is 0. The minimum atomic E-state index is -0.136. The lowest BCUT2D eigenvalue weighted by Crippen LogP contribution is -2.42. The fraction of sp³-hybridized carbons (Fsp3) is 0.818. The SMILES string of the molecule is CN1CC(C(=O)N(C)C2CCNC2)CC1=O. The molecule has 1 N–H and O–H groups in total. The molecule has 2 unspecified atom stereocenters. The van der Waals surface area contributed by atoms with Crippen LogP contribution in [0, 0.1) is 5.92 Å². The molecular weight excluding hydrogens is 206 g/mol. The average molecular weight is 225 g/mol. The van der Waals surface area contributed by atoms with Crippen LogP contribution in [-0.2, 0) is 9.59 Å². The number of carbonyl (C=O) groups excluding carboxylic acids is 2. The van der Waals surface area contributed by atoms with Gasteiger partial charge in [0, 0.05) is 39.6 Å². The van der Waals surface area contributed by atoms with Gasteiger partial charge in [0.25, 0.3) is 0 Å². The van der Waals surface area contributed by atoms with E-state index in [0.29, 0.717) is 19.0 Å². The van der Waals surface area contributed by atoms with Gasteiger partial charge >= 0.3 is 0 Å². The summed E-state index contributed by atoms with van der Waals surface area (Å²) < 4.78 is 0. The Kier molecular flexibility index (Phi) is 3.14. The van der Waals surface area contributed by atoms with Gasteiger partial charge in [0.2, 0.25) is 11.8 Å². The molecule has 0 bridgehead atoms. The van der Waals surface area contributed by atoms with Crippen LogP contribution in [0.15, 0.2) is 0 Å². The van der Waals surface area contributed by atoms with Crippen LogP contribution in [0.3, 0.4) is 0 Å². The molecule has 90 valence electrons.